The van der Waals surface area contributed by atoms with E-state index in [2.05, 4.69) is 28.1 Å². The summed E-state index contributed by atoms with van der Waals surface area (Å²) < 4.78 is 38.3. The highest BCUT2D eigenvalue weighted by Crippen LogP contribution is 2.46. The number of hydrogen-bond acceptors (Lipinski definition) is 5. The predicted octanol–water partition coefficient (Wildman–Crippen LogP) is 4.09. The van der Waals surface area contributed by atoms with E-state index in [0.29, 0.717) is 6.42 Å². The van der Waals surface area contributed by atoms with Crippen LogP contribution in [0.2, 0.25) is 0 Å². The number of halogens is 3. The van der Waals surface area contributed by atoms with Crippen molar-refractivity contribution in [1.29, 1.82) is 0 Å². The first-order valence-electron chi connectivity index (χ1n) is 11.4. The molecule has 0 bridgehead atoms. The second kappa shape index (κ2) is 11.1. The fourth-order valence-electron chi connectivity index (χ4n) is 4.47. The molecule has 35 heavy (non-hydrogen) atoms. The normalized spacial score (nSPS) is 19.1. The molecule has 190 valence electrons. The Morgan fingerprint density at radius 2 is 1.77 bits per heavy atom. The van der Waals surface area contributed by atoms with Gasteiger partial charge in [0.1, 0.15) is 11.4 Å². The Morgan fingerprint density at radius 3 is 2.34 bits per heavy atom. The molecular weight excluding hydrogens is 463 g/mol. The largest absolute Gasteiger partial charge is 0.490 e. The fourth-order valence-corrected chi connectivity index (χ4v) is 4.47. The van der Waals surface area contributed by atoms with E-state index in [0.717, 1.165) is 50.3 Å². The van der Waals surface area contributed by atoms with Gasteiger partial charge in [0.25, 0.3) is 0 Å². The van der Waals surface area contributed by atoms with E-state index in [1.54, 1.807) is 4.90 Å². The number of aliphatic carboxylic acids is 1. The molecule has 1 aromatic heterocycles. The van der Waals surface area contributed by atoms with Crippen molar-refractivity contribution in [2.24, 2.45) is 0 Å². The molecule has 0 radical (unpaired) electrons. The number of nitrogens with zero attached hydrogens (tertiary/aromatic N) is 3. The first-order chi connectivity index (χ1) is 16.5. The Hall–Kier alpha value is -3.14. The molecule has 1 fully saturated rings. The summed E-state index contributed by atoms with van der Waals surface area (Å²) in [7, 11) is 3.67. The number of piperidine rings is 1. The molecule has 1 unspecified atom stereocenters. The van der Waals surface area contributed by atoms with Crippen molar-refractivity contribution in [1.82, 2.24) is 14.8 Å². The van der Waals surface area contributed by atoms with Gasteiger partial charge in [-0.15, -0.1) is 0 Å². The highest BCUT2D eigenvalue weighted by atomic mass is 19.4. The molecule has 0 saturated carbocycles. The Kier molecular flexibility index (Phi) is 8.37. The monoisotopic (exact) mass is 493 g/mol. The van der Waals surface area contributed by atoms with Crippen LogP contribution in [0, 0.1) is 0 Å². The van der Waals surface area contributed by atoms with Crippen molar-refractivity contribution >= 4 is 11.9 Å². The van der Waals surface area contributed by atoms with Gasteiger partial charge < -0.3 is 14.7 Å². The zero-order valence-electron chi connectivity index (χ0n) is 19.8. The highest BCUT2D eigenvalue weighted by Gasteiger charge is 2.43. The van der Waals surface area contributed by atoms with Crippen LogP contribution in [0.15, 0.2) is 48.7 Å². The molecule has 0 aliphatic carbocycles. The quantitative estimate of drug-likeness (QED) is 0.691. The van der Waals surface area contributed by atoms with E-state index in [9.17, 15) is 18.0 Å². The molecule has 1 spiro atoms. The maximum Gasteiger partial charge on any atom is 0.490 e. The molecule has 7 nitrogen and oxygen atoms in total. The van der Waals surface area contributed by atoms with Crippen LogP contribution in [0.1, 0.15) is 42.9 Å². The zero-order chi connectivity index (χ0) is 25.6. The number of fused-ring (bicyclic) bond motifs is 1. The van der Waals surface area contributed by atoms with Crippen LogP contribution in [0.4, 0.5) is 13.2 Å². The highest BCUT2D eigenvalue weighted by molar-refractivity contribution is 5.76. The third-order valence-electron chi connectivity index (χ3n) is 6.35. The van der Waals surface area contributed by atoms with Crippen LogP contribution < -0.4 is 4.74 Å². The number of carboxylic acid groups (broad SMARTS) is 1. The third kappa shape index (κ3) is 7.17. The summed E-state index contributed by atoms with van der Waals surface area (Å²) in [5.74, 6) is -1.39. The summed E-state index contributed by atoms with van der Waals surface area (Å²) in [6.45, 7) is 2.87. The van der Waals surface area contributed by atoms with Crippen LogP contribution in [-0.2, 0) is 16.1 Å². The van der Waals surface area contributed by atoms with E-state index < -0.39 is 12.1 Å². The number of alkyl halides is 3. The lowest BCUT2D eigenvalue weighted by molar-refractivity contribution is -0.192. The lowest BCUT2D eigenvalue weighted by Gasteiger charge is -2.47. The van der Waals surface area contributed by atoms with Gasteiger partial charge in [-0.05, 0) is 43.0 Å². The number of pyridine rings is 1. The van der Waals surface area contributed by atoms with Gasteiger partial charge in [-0.25, -0.2) is 4.79 Å². The summed E-state index contributed by atoms with van der Waals surface area (Å²) in [5, 5.41) is 7.12. The Labute approximate surface area is 202 Å². The van der Waals surface area contributed by atoms with Gasteiger partial charge in [-0.3, -0.25) is 14.7 Å². The first kappa shape index (κ1) is 26.5. The van der Waals surface area contributed by atoms with Crippen molar-refractivity contribution < 1.29 is 32.6 Å². The van der Waals surface area contributed by atoms with Crippen molar-refractivity contribution in [2.45, 2.75) is 49.9 Å². The number of carboxylic acids is 1. The van der Waals surface area contributed by atoms with E-state index in [1.165, 1.54) is 5.56 Å². The smallest absolute Gasteiger partial charge is 0.487 e. The second-order valence-electron chi connectivity index (χ2n) is 9.12. The molecule has 1 atom stereocenters. The molecule has 1 amide bonds. The first-order valence-corrected chi connectivity index (χ1v) is 11.4. The molecule has 1 N–H and O–H groups in total. The van der Waals surface area contributed by atoms with Crippen LogP contribution in [0.3, 0.4) is 0 Å². The number of amides is 1. The lowest BCUT2D eigenvalue weighted by Crippen LogP contribution is -2.50. The van der Waals surface area contributed by atoms with Crippen LogP contribution >= 0.6 is 0 Å². The zero-order valence-corrected chi connectivity index (χ0v) is 19.8. The van der Waals surface area contributed by atoms with Gasteiger partial charge in [-0.1, -0.05) is 24.3 Å². The summed E-state index contributed by atoms with van der Waals surface area (Å²) in [4.78, 5) is 29.9. The van der Waals surface area contributed by atoms with Gasteiger partial charge in [0.05, 0.1) is 5.69 Å². The Morgan fingerprint density at radius 1 is 1.14 bits per heavy atom. The number of hydrogen-bond donors (Lipinski definition) is 1. The summed E-state index contributed by atoms with van der Waals surface area (Å²) in [6.07, 6.45) is 0.212. The molecule has 1 saturated heterocycles. The van der Waals surface area contributed by atoms with Gasteiger partial charge in [-0.2, -0.15) is 13.2 Å². The third-order valence-corrected chi connectivity index (χ3v) is 6.35. The summed E-state index contributed by atoms with van der Waals surface area (Å²) >= 11 is 0. The molecule has 2 aliphatic heterocycles. The van der Waals surface area contributed by atoms with E-state index in [1.807, 2.05) is 44.6 Å². The molecule has 1 aromatic carbocycles. The van der Waals surface area contributed by atoms with E-state index >= 15 is 0 Å². The average molecular weight is 494 g/mol. The van der Waals surface area contributed by atoms with Crippen molar-refractivity contribution in [3.8, 4) is 5.75 Å². The fraction of sp³-hybridized carbons (Fsp3) is 0.480. The SMILES string of the molecule is CN(C)C(=O)CC1CC2(CCN(Cc3ccccn3)CC2)Oc2ccccc21.O=C(O)C(F)(F)F. The minimum absolute atomic E-state index is 0.160. The maximum atomic E-state index is 12.4. The summed E-state index contributed by atoms with van der Waals surface area (Å²) in [6, 6.07) is 14.3. The number of likely N-dealkylation sites (tertiary alicyclic amines) is 1. The summed E-state index contributed by atoms with van der Waals surface area (Å²) in [5.41, 5.74) is 2.13. The predicted molar refractivity (Wildman–Crippen MR) is 123 cm³/mol. The number of para-hydroxylation sites is 1. The lowest BCUT2D eigenvalue weighted by atomic mass is 9.76. The molecule has 2 aliphatic rings. The molecule has 10 heteroatoms. The average Bonchev–Trinajstić information content (AvgIpc) is 2.81. The topological polar surface area (TPSA) is 83.0 Å². The molecular formula is C25H30F3N3O4. The van der Waals surface area contributed by atoms with Crippen molar-refractivity contribution in [3.05, 3.63) is 59.9 Å². The number of ether oxygens (including phenoxy) is 1. The van der Waals surface area contributed by atoms with E-state index in [-0.39, 0.29) is 17.4 Å². The van der Waals surface area contributed by atoms with Gasteiger partial charge in [0.2, 0.25) is 5.91 Å². The van der Waals surface area contributed by atoms with E-state index in [4.69, 9.17) is 14.6 Å². The molecule has 3 heterocycles. The maximum absolute atomic E-state index is 12.4. The number of benzene rings is 1. The van der Waals surface area contributed by atoms with Crippen molar-refractivity contribution in [3.63, 3.8) is 0 Å². The Bertz CT molecular complexity index is 1010. The standard InChI is InChI=1S/C23H29N3O2.C2HF3O2/c1-25(2)22(27)15-18-16-23(28-21-9-4-3-8-20(18)21)10-13-26(14-11-23)17-19-7-5-6-12-24-19;3-2(4,5)1(6)7/h3-9,12,18H,10-11,13-17H2,1-2H3;(H,6,7). The minimum Gasteiger partial charge on any atom is -0.487 e. The van der Waals surface area contributed by atoms with Crippen molar-refractivity contribution in [2.75, 3.05) is 27.2 Å². The molecule has 4 rings (SSSR count). The van der Waals surface area contributed by atoms with Crippen LogP contribution in [0.25, 0.3) is 0 Å². The Balaban J connectivity index is 0.000000429. The minimum atomic E-state index is -5.08. The van der Waals surface area contributed by atoms with Gasteiger partial charge in [0.15, 0.2) is 0 Å². The number of carbonyl (C=O) groups is 2. The second-order valence-corrected chi connectivity index (χ2v) is 9.12. The number of aromatic nitrogens is 1. The number of rotatable bonds is 4. The van der Waals surface area contributed by atoms with Gasteiger partial charge in [0, 0.05) is 52.3 Å². The molecule has 2 aromatic rings. The van der Waals surface area contributed by atoms with Gasteiger partial charge >= 0.3 is 12.1 Å². The van der Waals surface area contributed by atoms with Crippen LogP contribution in [0.5, 0.6) is 5.75 Å². The number of carbonyl (C=O) groups excluding carboxylic acids is 1. The van der Waals surface area contributed by atoms with Crippen LogP contribution in [-0.4, -0.2) is 70.7 Å².